The molecule has 0 atom stereocenters. The van der Waals surface area contributed by atoms with Crippen LogP contribution >= 0.6 is 11.6 Å². The second-order valence-electron chi connectivity index (χ2n) is 7.36. The van der Waals surface area contributed by atoms with Gasteiger partial charge in [-0.2, -0.15) is 0 Å². The average molecular weight is 461 g/mol. The summed E-state index contributed by atoms with van der Waals surface area (Å²) in [4.78, 5) is 40.5. The first-order valence-electron chi connectivity index (χ1n) is 9.94. The minimum Gasteiger partial charge on any atom is -0.454 e. The Morgan fingerprint density at radius 1 is 1.03 bits per heavy atom. The first-order chi connectivity index (χ1) is 15.8. The smallest absolute Gasteiger partial charge is 0.339 e. The molecule has 0 fully saturated rings. The van der Waals surface area contributed by atoms with Gasteiger partial charge in [-0.25, -0.2) is 9.78 Å². The third kappa shape index (κ3) is 4.73. The van der Waals surface area contributed by atoms with E-state index in [9.17, 15) is 19.7 Å². The fourth-order valence-corrected chi connectivity index (χ4v) is 3.57. The van der Waals surface area contributed by atoms with E-state index in [-0.39, 0.29) is 16.1 Å². The van der Waals surface area contributed by atoms with Crippen molar-refractivity contribution >= 4 is 39.9 Å². The van der Waals surface area contributed by atoms with Crippen LogP contribution in [0.2, 0.25) is 5.02 Å². The number of fused-ring (bicyclic) bond motifs is 1. The molecule has 0 aliphatic rings. The van der Waals surface area contributed by atoms with E-state index in [1.54, 1.807) is 6.07 Å². The summed E-state index contributed by atoms with van der Waals surface area (Å²) < 4.78 is 5.29. The van der Waals surface area contributed by atoms with Crippen LogP contribution in [0.4, 0.5) is 5.69 Å². The average Bonchev–Trinajstić information content (AvgIpc) is 2.82. The molecule has 0 N–H and O–H groups in total. The molecule has 4 rings (SSSR count). The number of carbonyl (C=O) groups is 2. The lowest BCUT2D eigenvalue weighted by Crippen LogP contribution is -2.15. The lowest BCUT2D eigenvalue weighted by atomic mass is 10.0. The number of ketones is 1. The number of benzene rings is 3. The molecule has 0 aliphatic heterocycles. The van der Waals surface area contributed by atoms with Gasteiger partial charge in [0.05, 0.1) is 21.7 Å². The molecule has 8 heteroatoms. The minimum atomic E-state index is -0.693. The van der Waals surface area contributed by atoms with Crippen LogP contribution in [0.5, 0.6) is 0 Å². The zero-order chi connectivity index (χ0) is 23.5. The molecule has 0 spiro atoms. The van der Waals surface area contributed by atoms with Crippen molar-refractivity contribution < 1.29 is 19.2 Å². The molecule has 1 heterocycles. The zero-order valence-electron chi connectivity index (χ0n) is 17.4. The number of aromatic nitrogens is 1. The van der Waals surface area contributed by atoms with Crippen LogP contribution in [0, 0.1) is 17.0 Å². The Bertz CT molecular complexity index is 1400. The number of esters is 1. The highest BCUT2D eigenvalue weighted by molar-refractivity contribution is 6.32. The fourth-order valence-electron chi connectivity index (χ4n) is 3.38. The van der Waals surface area contributed by atoms with Gasteiger partial charge in [0.1, 0.15) is 5.02 Å². The Morgan fingerprint density at radius 3 is 2.52 bits per heavy atom. The van der Waals surface area contributed by atoms with Crippen molar-refractivity contribution in [2.45, 2.75) is 6.92 Å². The summed E-state index contributed by atoms with van der Waals surface area (Å²) >= 11 is 5.79. The van der Waals surface area contributed by atoms with E-state index in [1.807, 2.05) is 55.5 Å². The monoisotopic (exact) mass is 460 g/mol. The lowest BCUT2D eigenvalue weighted by Gasteiger charge is -2.11. The van der Waals surface area contributed by atoms with Crippen molar-refractivity contribution in [3.05, 3.63) is 105 Å². The molecule has 3 aromatic carbocycles. The summed E-state index contributed by atoms with van der Waals surface area (Å²) in [6.45, 7) is 1.32. The molecule has 0 saturated carbocycles. The summed E-state index contributed by atoms with van der Waals surface area (Å²) in [5, 5.41) is 11.6. The Balaban J connectivity index is 1.64. The molecular weight excluding hydrogens is 444 g/mol. The standard InChI is InChI=1S/C25H17ClN2O5/c1-15-7-10-21-18(11-15)19(13-22(27-21)16-5-3-2-4-6-16)25(30)33-14-24(29)17-8-9-20(26)23(12-17)28(31)32/h2-13H,14H2,1H3. The number of hydrogen-bond acceptors (Lipinski definition) is 6. The van der Waals surface area contributed by atoms with Crippen molar-refractivity contribution in [1.82, 2.24) is 4.98 Å². The number of halogens is 1. The summed E-state index contributed by atoms with van der Waals surface area (Å²) in [5.74, 6) is -1.28. The Labute approximate surface area is 193 Å². The van der Waals surface area contributed by atoms with Crippen molar-refractivity contribution in [3.63, 3.8) is 0 Å². The molecule has 0 aliphatic carbocycles. The van der Waals surface area contributed by atoms with Gasteiger partial charge in [-0.1, -0.05) is 53.6 Å². The second-order valence-corrected chi connectivity index (χ2v) is 7.77. The maximum absolute atomic E-state index is 13.0. The Hall–Kier alpha value is -4.10. The molecular formula is C25H17ClN2O5. The SMILES string of the molecule is Cc1ccc2nc(-c3ccccc3)cc(C(=O)OCC(=O)c3ccc(Cl)c([N+](=O)[O-])c3)c2c1. The first-order valence-corrected chi connectivity index (χ1v) is 10.3. The lowest BCUT2D eigenvalue weighted by molar-refractivity contribution is -0.384. The first kappa shape index (κ1) is 22.1. The Morgan fingerprint density at radius 2 is 1.79 bits per heavy atom. The van der Waals surface area contributed by atoms with Crippen molar-refractivity contribution in [1.29, 1.82) is 0 Å². The molecule has 0 saturated heterocycles. The van der Waals surface area contributed by atoms with E-state index in [0.29, 0.717) is 16.6 Å². The predicted octanol–water partition coefficient (Wildman–Crippen LogP) is 5.81. The van der Waals surface area contributed by atoms with E-state index in [1.165, 1.54) is 12.1 Å². The zero-order valence-corrected chi connectivity index (χ0v) is 18.2. The summed E-state index contributed by atoms with van der Waals surface area (Å²) in [7, 11) is 0. The molecule has 33 heavy (non-hydrogen) atoms. The Kier molecular flexibility index (Phi) is 6.15. The van der Waals surface area contributed by atoms with E-state index in [4.69, 9.17) is 16.3 Å². The summed E-state index contributed by atoms with van der Waals surface area (Å²) in [5.41, 5.74) is 2.90. The van der Waals surface area contributed by atoms with Crippen LogP contribution in [0.1, 0.15) is 26.3 Å². The van der Waals surface area contributed by atoms with Gasteiger partial charge in [0.25, 0.3) is 5.69 Å². The van der Waals surface area contributed by atoms with Crippen molar-refractivity contribution in [2.24, 2.45) is 0 Å². The van der Waals surface area contributed by atoms with Crippen LogP contribution < -0.4 is 0 Å². The van der Waals surface area contributed by atoms with Crippen LogP contribution in [0.15, 0.2) is 72.8 Å². The highest BCUT2D eigenvalue weighted by atomic mass is 35.5. The van der Waals surface area contributed by atoms with Crippen LogP contribution in [0.3, 0.4) is 0 Å². The van der Waals surface area contributed by atoms with Crippen LogP contribution in [-0.2, 0) is 4.74 Å². The number of ether oxygens (including phenoxy) is 1. The van der Waals surface area contributed by atoms with E-state index < -0.39 is 29.0 Å². The van der Waals surface area contributed by atoms with Gasteiger partial charge in [0.2, 0.25) is 5.78 Å². The highest BCUT2D eigenvalue weighted by Crippen LogP contribution is 2.27. The molecule has 0 unspecified atom stereocenters. The molecule has 0 radical (unpaired) electrons. The number of nitrogens with zero attached hydrogens (tertiary/aromatic N) is 2. The molecule has 0 bridgehead atoms. The second kappa shape index (κ2) is 9.18. The summed E-state index contributed by atoms with van der Waals surface area (Å²) in [6, 6.07) is 20.3. The van der Waals surface area contributed by atoms with E-state index >= 15 is 0 Å². The van der Waals surface area contributed by atoms with E-state index in [2.05, 4.69) is 4.98 Å². The minimum absolute atomic E-state index is 0.0271. The quantitative estimate of drug-likeness (QED) is 0.156. The normalized spacial score (nSPS) is 10.7. The molecule has 164 valence electrons. The number of nitro benzene ring substituents is 1. The van der Waals surface area contributed by atoms with Crippen molar-refractivity contribution in [3.8, 4) is 11.3 Å². The molecule has 4 aromatic rings. The number of rotatable bonds is 6. The van der Waals surface area contributed by atoms with Crippen LogP contribution in [0.25, 0.3) is 22.2 Å². The van der Waals surface area contributed by atoms with E-state index in [0.717, 1.165) is 17.2 Å². The summed E-state index contributed by atoms with van der Waals surface area (Å²) in [6.07, 6.45) is 0. The highest BCUT2D eigenvalue weighted by Gasteiger charge is 2.20. The van der Waals surface area contributed by atoms with Gasteiger partial charge in [0, 0.05) is 22.6 Å². The van der Waals surface area contributed by atoms with Gasteiger partial charge in [-0.3, -0.25) is 14.9 Å². The number of aryl methyl sites for hydroxylation is 1. The number of hydrogen-bond donors (Lipinski definition) is 0. The third-order valence-corrected chi connectivity index (χ3v) is 5.37. The van der Waals surface area contributed by atoms with Gasteiger partial charge in [-0.05, 0) is 37.3 Å². The molecule has 1 aromatic heterocycles. The number of nitro groups is 1. The maximum Gasteiger partial charge on any atom is 0.339 e. The number of pyridine rings is 1. The number of carbonyl (C=O) groups excluding carboxylic acids is 2. The fraction of sp³-hybridized carbons (Fsp3) is 0.0800. The largest absolute Gasteiger partial charge is 0.454 e. The van der Waals surface area contributed by atoms with Crippen LogP contribution in [-0.4, -0.2) is 28.3 Å². The van der Waals surface area contributed by atoms with Crippen molar-refractivity contribution in [2.75, 3.05) is 6.61 Å². The topological polar surface area (TPSA) is 99.4 Å². The maximum atomic E-state index is 13.0. The third-order valence-electron chi connectivity index (χ3n) is 5.05. The van der Waals surface area contributed by atoms with Gasteiger partial charge < -0.3 is 4.74 Å². The van der Waals surface area contributed by atoms with Gasteiger partial charge in [0.15, 0.2) is 6.61 Å². The van der Waals surface area contributed by atoms with Gasteiger partial charge in [-0.15, -0.1) is 0 Å². The predicted molar refractivity (Wildman–Crippen MR) is 125 cm³/mol. The molecule has 0 amide bonds. The number of Topliss-reactive ketones (excluding diaryl/α,β-unsaturated/α-hetero) is 1. The van der Waals surface area contributed by atoms with Gasteiger partial charge >= 0.3 is 5.97 Å². The molecule has 7 nitrogen and oxygen atoms in total.